The van der Waals surface area contributed by atoms with E-state index in [-0.39, 0.29) is 5.56 Å². The maximum absolute atomic E-state index is 13.4. The summed E-state index contributed by atoms with van der Waals surface area (Å²) in [5.41, 5.74) is 1.56. The average Bonchev–Trinajstić information content (AvgIpc) is 2.70. The van der Waals surface area contributed by atoms with Gasteiger partial charge in [-0.05, 0) is 66.8 Å². The number of alkyl halides is 3. The summed E-state index contributed by atoms with van der Waals surface area (Å²) in [5.74, 6) is -2.29. The summed E-state index contributed by atoms with van der Waals surface area (Å²) in [5, 5.41) is 12.3. The lowest BCUT2D eigenvalue weighted by Gasteiger charge is -2.11. The van der Waals surface area contributed by atoms with Crippen LogP contribution in [0, 0.1) is 5.82 Å². The highest BCUT2D eigenvalue weighted by molar-refractivity contribution is 5.95. The second kappa shape index (κ2) is 8.98. The number of para-hydroxylation sites is 1. The van der Waals surface area contributed by atoms with E-state index in [0.29, 0.717) is 30.5 Å². The maximum Gasteiger partial charge on any atom is 0.419 e. The van der Waals surface area contributed by atoms with E-state index in [0.717, 1.165) is 23.4 Å². The largest absolute Gasteiger partial charge is 0.478 e. The van der Waals surface area contributed by atoms with Crippen molar-refractivity contribution in [2.75, 3.05) is 5.32 Å². The quantitative estimate of drug-likeness (QED) is 0.434. The molecular formula is C23H19F4NO2. The van der Waals surface area contributed by atoms with Crippen molar-refractivity contribution in [2.45, 2.75) is 25.4 Å². The Bertz CT molecular complexity index is 1030. The van der Waals surface area contributed by atoms with Crippen molar-refractivity contribution in [1.29, 1.82) is 0 Å². The molecule has 0 aliphatic rings. The molecule has 30 heavy (non-hydrogen) atoms. The molecule has 156 valence electrons. The normalized spacial score (nSPS) is 11.3. The minimum atomic E-state index is -4.71. The molecule has 3 rings (SSSR count). The molecule has 3 aromatic rings. The van der Waals surface area contributed by atoms with Gasteiger partial charge in [-0.25, -0.2) is 9.18 Å². The standard InChI is InChI=1S/C23H19F4NO2/c24-20-13-10-16(14-19(20)23(25,26)27)5-3-4-15-8-11-17(12-9-15)28-21-7-2-1-6-18(21)22(29)30/h1-2,6-14,28H,3-5H2,(H,29,30). The van der Waals surface area contributed by atoms with Crippen molar-refractivity contribution >= 4 is 17.3 Å². The first-order chi connectivity index (χ1) is 14.2. The van der Waals surface area contributed by atoms with Crippen LogP contribution in [0.5, 0.6) is 0 Å². The molecule has 0 heterocycles. The lowest BCUT2D eigenvalue weighted by molar-refractivity contribution is -0.140. The molecule has 0 spiro atoms. The topological polar surface area (TPSA) is 49.3 Å². The lowest BCUT2D eigenvalue weighted by Crippen LogP contribution is -2.08. The molecule has 0 unspecified atom stereocenters. The minimum Gasteiger partial charge on any atom is -0.478 e. The molecule has 2 N–H and O–H groups in total. The van der Waals surface area contributed by atoms with Crippen molar-refractivity contribution < 1.29 is 27.5 Å². The summed E-state index contributed by atoms with van der Waals surface area (Å²) in [6.45, 7) is 0. The molecule has 0 radical (unpaired) electrons. The van der Waals surface area contributed by atoms with Crippen LogP contribution in [0.3, 0.4) is 0 Å². The zero-order chi connectivity index (χ0) is 21.7. The van der Waals surface area contributed by atoms with E-state index in [1.54, 1.807) is 18.2 Å². The van der Waals surface area contributed by atoms with Gasteiger partial charge in [0.25, 0.3) is 0 Å². The first kappa shape index (κ1) is 21.4. The Kier molecular flexibility index (Phi) is 6.40. The van der Waals surface area contributed by atoms with Gasteiger partial charge in [-0.2, -0.15) is 13.2 Å². The van der Waals surface area contributed by atoms with E-state index in [1.165, 1.54) is 12.1 Å². The number of carbonyl (C=O) groups is 1. The Morgan fingerprint density at radius 3 is 2.20 bits per heavy atom. The number of carboxylic acid groups (broad SMARTS) is 1. The lowest BCUT2D eigenvalue weighted by atomic mass is 10.0. The summed E-state index contributed by atoms with van der Waals surface area (Å²) < 4.78 is 51.8. The Morgan fingerprint density at radius 1 is 0.900 bits per heavy atom. The number of hydrogen-bond donors (Lipinski definition) is 2. The Hall–Kier alpha value is -3.35. The molecule has 3 nitrogen and oxygen atoms in total. The van der Waals surface area contributed by atoms with Crippen LogP contribution < -0.4 is 5.32 Å². The molecule has 0 saturated carbocycles. The van der Waals surface area contributed by atoms with Crippen LogP contribution in [0.15, 0.2) is 66.7 Å². The van der Waals surface area contributed by atoms with Crippen LogP contribution in [-0.4, -0.2) is 11.1 Å². The molecular weight excluding hydrogens is 398 g/mol. The molecule has 0 aliphatic carbocycles. The molecule has 0 saturated heterocycles. The fourth-order valence-electron chi connectivity index (χ4n) is 3.13. The summed E-state index contributed by atoms with van der Waals surface area (Å²) in [7, 11) is 0. The zero-order valence-corrected chi connectivity index (χ0v) is 15.8. The number of carboxylic acids is 1. The highest BCUT2D eigenvalue weighted by atomic mass is 19.4. The molecule has 0 fully saturated rings. The van der Waals surface area contributed by atoms with Gasteiger partial charge in [0.15, 0.2) is 0 Å². The van der Waals surface area contributed by atoms with E-state index in [9.17, 15) is 27.5 Å². The van der Waals surface area contributed by atoms with Gasteiger partial charge >= 0.3 is 12.1 Å². The van der Waals surface area contributed by atoms with Gasteiger partial charge in [0.2, 0.25) is 0 Å². The molecule has 0 bridgehead atoms. The first-order valence-electron chi connectivity index (χ1n) is 9.28. The third kappa shape index (κ3) is 5.37. The Labute approximate surface area is 171 Å². The van der Waals surface area contributed by atoms with E-state index in [1.807, 2.05) is 24.3 Å². The van der Waals surface area contributed by atoms with E-state index in [2.05, 4.69) is 5.32 Å². The number of nitrogens with one attached hydrogen (secondary N) is 1. The van der Waals surface area contributed by atoms with E-state index < -0.39 is 23.5 Å². The van der Waals surface area contributed by atoms with Gasteiger partial charge in [-0.3, -0.25) is 0 Å². The van der Waals surface area contributed by atoms with E-state index in [4.69, 9.17) is 0 Å². The number of anilines is 2. The second-order valence-electron chi connectivity index (χ2n) is 6.84. The highest BCUT2D eigenvalue weighted by Gasteiger charge is 2.34. The molecule has 0 amide bonds. The van der Waals surface area contributed by atoms with E-state index >= 15 is 0 Å². The Balaban J connectivity index is 1.59. The van der Waals surface area contributed by atoms with Crippen molar-refractivity contribution in [3.63, 3.8) is 0 Å². The zero-order valence-electron chi connectivity index (χ0n) is 15.8. The van der Waals surface area contributed by atoms with Gasteiger partial charge in [0.1, 0.15) is 5.82 Å². The summed E-state index contributed by atoms with van der Waals surface area (Å²) in [4.78, 5) is 11.3. The van der Waals surface area contributed by atoms with Crippen molar-refractivity contribution in [1.82, 2.24) is 0 Å². The van der Waals surface area contributed by atoms with Gasteiger partial charge in [0.05, 0.1) is 16.8 Å². The van der Waals surface area contributed by atoms with Crippen molar-refractivity contribution in [2.24, 2.45) is 0 Å². The summed E-state index contributed by atoms with van der Waals surface area (Å²) >= 11 is 0. The van der Waals surface area contributed by atoms with Crippen molar-refractivity contribution in [3.8, 4) is 0 Å². The van der Waals surface area contributed by atoms with Crippen LogP contribution in [0.4, 0.5) is 28.9 Å². The molecule has 0 aromatic heterocycles. The maximum atomic E-state index is 13.4. The number of aromatic carboxylic acids is 1. The highest BCUT2D eigenvalue weighted by Crippen LogP contribution is 2.32. The second-order valence-corrected chi connectivity index (χ2v) is 6.84. The molecule has 3 aromatic carbocycles. The van der Waals surface area contributed by atoms with Crippen molar-refractivity contribution in [3.05, 3.63) is 94.8 Å². The van der Waals surface area contributed by atoms with Crippen LogP contribution in [0.25, 0.3) is 0 Å². The third-order valence-electron chi connectivity index (χ3n) is 4.66. The van der Waals surface area contributed by atoms with Gasteiger partial charge < -0.3 is 10.4 Å². The Morgan fingerprint density at radius 2 is 1.53 bits per heavy atom. The smallest absolute Gasteiger partial charge is 0.419 e. The van der Waals surface area contributed by atoms with Crippen LogP contribution in [0.2, 0.25) is 0 Å². The first-order valence-corrected chi connectivity index (χ1v) is 9.28. The molecule has 0 aliphatic heterocycles. The SMILES string of the molecule is O=C(O)c1ccccc1Nc1ccc(CCCc2ccc(F)c(C(F)(F)F)c2)cc1. The molecule has 7 heteroatoms. The third-order valence-corrected chi connectivity index (χ3v) is 4.66. The average molecular weight is 417 g/mol. The number of hydrogen-bond acceptors (Lipinski definition) is 2. The number of benzene rings is 3. The fourth-order valence-corrected chi connectivity index (χ4v) is 3.13. The number of halogens is 4. The van der Waals surface area contributed by atoms with Gasteiger partial charge in [0, 0.05) is 5.69 Å². The fraction of sp³-hybridized carbons (Fsp3) is 0.174. The van der Waals surface area contributed by atoms with Crippen LogP contribution >= 0.6 is 0 Å². The monoisotopic (exact) mass is 417 g/mol. The summed E-state index contributed by atoms with van der Waals surface area (Å²) in [6, 6.07) is 17.0. The number of aryl methyl sites for hydroxylation is 2. The molecule has 0 atom stereocenters. The van der Waals surface area contributed by atoms with Gasteiger partial charge in [-0.15, -0.1) is 0 Å². The number of rotatable bonds is 7. The predicted molar refractivity (Wildman–Crippen MR) is 107 cm³/mol. The predicted octanol–water partition coefficient (Wildman–Crippen LogP) is 6.46. The van der Waals surface area contributed by atoms with Crippen LogP contribution in [-0.2, 0) is 19.0 Å². The summed E-state index contributed by atoms with van der Waals surface area (Å²) in [6.07, 6.45) is -3.06. The minimum absolute atomic E-state index is 0.166. The van der Waals surface area contributed by atoms with Gasteiger partial charge in [-0.1, -0.05) is 30.3 Å². The van der Waals surface area contributed by atoms with Crippen LogP contribution in [0.1, 0.15) is 33.5 Å².